The van der Waals surface area contributed by atoms with E-state index in [1.165, 1.54) is 0 Å². The van der Waals surface area contributed by atoms with Gasteiger partial charge in [0, 0.05) is 7.05 Å². The Labute approximate surface area is 112 Å². The second-order valence-corrected chi connectivity index (χ2v) is 4.59. The van der Waals surface area contributed by atoms with Crippen LogP contribution in [0.4, 0.5) is 10.3 Å². The first-order chi connectivity index (χ1) is 9.26. The van der Waals surface area contributed by atoms with Gasteiger partial charge in [0.25, 0.3) is 5.22 Å². The molecular weight excluding hydrogens is 267 g/mol. The highest BCUT2D eigenvalue weighted by Crippen LogP contribution is 2.30. The smallest absolute Gasteiger partial charge is 0.263 e. The summed E-state index contributed by atoms with van der Waals surface area (Å²) in [6.07, 6.45) is 1.11. The van der Waals surface area contributed by atoms with E-state index in [1.54, 1.807) is 7.05 Å². The Balaban J connectivity index is 1.96. The van der Waals surface area contributed by atoms with Gasteiger partial charge < -0.3 is 9.73 Å². The summed E-state index contributed by atoms with van der Waals surface area (Å²) in [6.45, 7) is 0. The number of para-hydroxylation sites is 2. The minimum absolute atomic E-state index is 0.172. The highest BCUT2D eigenvalue weighted by molar-refractivity contribution is 7.99. The van der Waals surface area contributed by atoms with E-state index in [1.807, 2.05) is 24.3 Å². The van der Waals surface area contributed by atoms with Crippen molar-refractivity contribution in [2.24, 2.45) is 0 Å². The molecule has 0 spiro atoms. The molecule has 0 amide bonds. The lowest BCUT2D eigenvalue weighted by Crippen LogP contribution is -1.98. The van der Waals surface area contributed by atoms with Gasteiger partial charge in [-0.05, 0) is 23.9 Å². The number of aromatic nitrogens is 3. The predicted molar refractivity (Wildman–Crippen MR) is 69.7 cm³/mol. The van der Waals surface area contributed by atoms with Crippen molar-refractivity contribution in [3.8, 4) is 0 Å². The fraction of sp³-hybridized carbons (Fsp3) is 0.0833. The first kappa shape index (κ1) is 11.9. The van der Waals surface area contributed by atoms with Crippen molar-refractivity contribution in [3.05, 3.63) is 36.3 Å². The summed E-state index contributed by atoms with van der Waals surface area (Å²) in [5.74, 6) is -0.161. The molecule has 96 valence electrons. The maximum Gasteiger partial charge on any atom is 0.263 e. The van der Waals surface area contributed by atoms with Gasteiger partial charge in [0.15, 0.2) is 11.4 Å². The standard InChI is InChI=1S/C12H9FN4OS/c1-14-11-15-6-7(13)10(17-11)19-12-16-8-4-2-3-5-9(8)18-12/h2-6H,1H3,(H,14,15,17). The maximum absolute atomic E-state index is 13.6. The number of halogens is 1. The van der Waals surface area contributed by atoms with Crippen LogP contribution in [0.1, 0.15) is 0 Å². The van der Waals surface area contributed by atoms with Gasteiger partial charge in [-0.15, -0.1) is 0 Å². The monoisotopic (exact) mass is 276 g/mol. The van der Waals surface area contributed by atoms with Crippen LogP contribution in [0.5, 0.6) is 0 Å². The second kappa shape index (κ2) is 4.85. The number of hydrogen-bond acceptors (Lipinski definition) is 6. The van der Waals surface area contributed by atoms with Crippen molar-refractivity contribution in [1.29, 1.82) is 0 Å². The molecule has 0 aliphatic heterocycles. The van der Waals surface area contributed by atoms with E-state index in [4.69, 9.17) is 4.42 Å². The van der Waals surface area contributed by atoms with Crippen LogP contribution in [0.3, 0.4) is 0 Å². The van der Waals surface area contributed by atoms with Crippen LogP contribution in [-0.2, 0) is 0 Å². The Bertz CT molecular complexity index is 698. The predicted octanol–water partition coefficient (Wildman–Crippen LogP) is 2.95. The van der Waals surface area contributed by atoms with E-state index < -0.39 is 5.82 Å². The lowest BCUT2D eigenvalue weighted by molar-refractivity contribution is 0.487. The van der Waals surface area contributed by atoms with Crippen molar-refractivity contribution in [2.75, 3.05) is 12.4 Å². The molecule has 0 saturated carbocycles. The van der Waals surface area contributed by atoms with Crippen molar-refractivity contribution in [3.63, 3.8) is 0 Å². The van der Waals surface area contributed by atoms with E-state index >= 15 is 0 Å². The number of hydrogen-bond donors (Lipinski definition) is 1. The third-order valence-corrected chi connectivity index (χ3v) is 3.22. The molecule has 3 aromatic rings. The van der Waals surface area contributed by atoms with Gasteiger partial charge in [-0.3, -0.25) is 0 Å². The molecule has 0 radical (unpaired) electrons. The highest BCUT2D eigenvalue weighted by atomic mass is 32.2. The average Bonchev–Trinajstić information content (AvgIpc) is 2.83. The lowest BCUT2D eigenvalue weighted by Gasteiger charge is -2.01. The fourth-order valence-corrected chi connectivity index (χ4v) is 2.24. The quantitative estimate of drug-likeness (QED) is 0.742. The summed E-state index contributed by atoms with van der Waals surface area (Å²) >= 11 is 1.03. The fourth-order valence-electron chi connectivity index (χ4n) is 1.52. The Morgan fingerprint density at radius 2 is 2.11 bits per heavy atom. The Morgan fingerprint density at radius 1 is 1.26 bits per heavy atom. The number of anilines is 1. The van der Waals surface area contributed by atoms with Crippen molar-refractivity contribution >= 4 is 28.8 Å². The van der Waals surface area contributed by atoms with Crippen molar-refractivity contribution in [2.45, 2.75) is 10.2 Å². The zero-order valence-electron chi connectivity index (χ0n) is 9.92. The molecule has 0 atom stereocenters. The van der Waals surface area contributed by atoms with Crippen LogP contribution in [0.25, 0.3) is 11.1 Å². The maximum atomic E-state index is 13.6. The molecule has 19 heavy (non-hydrogen) atoms. The van der Waals surface area contributed by atoms with Crippen LogP contribution < -0.4 is 5.32 Å². The van der Waals surface area contributed by atoms with Crippen LogP contribution in [0, 0.1) is 5.82 Å². The van der Waals surface area contributed by atoms with Crippen LogP contribution in [-0.4, -0.2) is 22.0 Å². The molecule has 3 rings (SSSR count). The van der Waals surface area contributed by atoms with Gasteiger partial charge in [-0.1, -0.05) is 12.1 Å². The van der Waals surface area contributed by atoms with Crippen LogP contribution in [0.2, 0.25) is 0 Å². The SMILES string of the molecule is CNc1ncc(F)c(Sc2nc3ccccc3o2)n1. The summed E-state index contributed by atoms with van der Waals surface area (Å²) in [4.78, 5) is 12.1. The molecule has 0 aliphatic rings. The molecule has 0 bridgehead atoms. The molecule has 2 aromatic heterocycles. The molecule has 7 heteroatoms. The first-order valence-corrected chi connectivity index (χ1v) is 6.31. The number of benzene rings is 1. The Kier molecular flexibility index (Phi) is 3.04. The Morgan fingerprint density at radius 3 is 2.89 bits per heavy atom. The number of nitrogens with zero attached hydrogens (tertiary/aromatic N) is 3. The van der Waals surface area contributed by atoms with Gasteiger partial charge >= 0.3 is 0 Å². The topological polar surface area (TPSA) is 63.8 Å². The summed E-state index contributed by atoms with van der Waals surface area (Å²) in [5, 5.41) is 3.27. The van der Waals surface area contributed by atoms with E-state index in [2.05, 4.69) is 20.3 Å². The average molecular weight is 276 g/mol. The third-order valence-electron chi connectivity index (χ3n) is 2.39. The molecule has 2 heterocycles. The van der Waals surface area contributed by atoms with Gasteiger partial charge in [-0.2, -0.15) is 0 Å². The zero-order valence-corrected chi connectivity index (χ0v) is 10.7. The number of fused-ring (bicyclic) bond motifs is 1. The zero-order chi connectivity index (χ0) is 13.2. The molecule has 0 fully saturated rings. The minimum Gasteiger partial charge on any atom is -0.431 e. The number of nitrogens with one attached hydrogen (secondary N) is 1. The van der Waals surface area contributed by atoms with Gasteiger partial charge in [0.05, 0.1) is 6.20 Å². The molecule has 0 unspecified atom stereocenters. The molecule has 5 nitrogen and oxygen atoms in total. The normalized spacial score (nSPS) is 10.8. The van der Waals surface area contributed by atoms with Gasteiger partial charge in [0.2, 0.25) is 5.95 Å². The highest BCUT2D eigenvalue weighted by Gasteiger charge is 2.13. The van der Waals surface area contributed by atoms with Crippen molar-refractivity contribution in [1.82, 2.24) is 15.0 Å². The third kappa shape index (κ3) is 2.37. The first-order valence-electron chi connectivity index (χ1n) is 5.50. The Hall–Kier alpha value is -2.15. The van der Waals surface area contributed by atoms with E-state index in [0.717, 1.165) is 23.5 Å². The summed E-state index contributed by atoms with van der Waals surface area (Å²) in [5.41, 5.74) is 1.39. The second-order valence-electron chi connectivity index (χ2n) is 3.65. The van der Waals surface area contributed by atoms with Crippen LogP contribution in [0.15, 0.2) is 45.1 Å². The molecule has 1 aromatic carbocycles. The minimum atomic E-state index is -0.508. The molecule has 1 N–H and O–H groups in total. The lowest BCUT2D eigenvalue weighted by atomic mass is 10.3. The number of rotatable bonds is 3. The van der Waals surface area contributed by atoms with Crippen molar-refractivity contribution < 1.29 is 8.81 Å². The largest absolute Gasteiger partial charge is 0.431 e. The summed E-state index contributed by atoms with van der Waals surface area (Å²) < 4.78 is 19.1. The number of oxazole rings is 1. The summed E-state index contributed by atoms with van der Waals surface area (Å²) in [7, 11) is 1.67. The molecule has 0 saturated heterocycles. The molecule has 0 aliphatic carbocycles. The van der Waals surface area contributed by atoms with Crippen LogP contribution >= 0.6 is 11.8 Å². The summed E-state index contributed by atoms with van der Waals surface area (Å²) in [6, 6.07) is 7.36. The van der Waals surface area contributed by atoms with E-state index in [-0.39, 0.29) is 5.03 Å². The van der Waals surface area contributed by atoms with E-state index in [0.29, 0.717) is 16.8 Å². The van der Waals surface area contributed by atoms with Gasteiger partial charge in [-0.25, -0.2) is 19.3 Å². The van der Waals surface area contributed by atoms with Gasteiger partial charge in [0.1, 0.15) is 10.5 Å². The van der Waals surface area contributed by atoms with E-state index in [9.17, 15) is 4.39 Å². The molecular formula is C12H9FN4OS.